The molecule has 3 N–H and O–H groups in total. The quantitative estimate of drug-likeness (QED) is 0.561. The van der Waals surface area contributed by atoms with Gasteiger partial charge in [0, 0.05) is 31.3 Å². The first-order valence-corrected chi connectivity index (χ1v) is 8.82. The van der Waals surface area contributed by atoms with Crippen molar-refractivity contribution in [3.8, 4) is 11.3 Å². The Hall–Kier alpha value is -2.77. The fourth-order valence-corrected chi connectivity index (χ4v) is 3.10. The van der Waals surface area contributed by atoms with Gasteiger partial charge in [0.05, 0.1) is 17.7 Å². The van der Waals surface area contributed by atoms with Crippen LogP contribution >= 0.6 is 24.8 Å². The van der Waals surface area contributed by atoms with Crippen LogP contribution in [0.25, 0.3) is 11.3 Å². The van der Waals surface area contributed by atoms with Gasteiger partial charge in [0.1, 0.15) is 17.3 Å². The molecule has 0 atom stereocenters. The van der Waals surface area contributed by atoms with E-state index < -0.39 is 0 Å². The van der Waals surface area contributed by atoms with E-state index in [2.05, 4.69) is 20.9 Å². The summed E-state index contributed by atoms with van der Waals surface area (Å²) >= 11 is 0. The Kier molecular flexibility index (Phi) is 7.47. The molecule has 4 rings (SSSR count). The molecule has 3 aromatic rings. The van der Waals surface area contributed by atoms with Gasteiger partial charge >= 0.3 is 0 Å². The predicted octanol–water partition coefficient (Wildman–Crippen LogP) is 4.55. The number of fused-ring (bicyclic) bond motifs is 1. The summed E-state index contributed by atoms with van der Waals surface area (Å²) in [6.45, 7) is 1.77. The molecule has 9 heteroatoms. The Bertz CT molecular complexity index is 991. The van der Waals surface area contributed by atoms with Crippen molar-refractivity contribution in [1.82, 2.24) is 9.55 Å². The second-order valence-electron chi connectivity index (χ2n) is 6.48. The van der Waals surface area contributed by atoms with Gasteiger partial charge in [0.2, 0.25) is 0 Å². The molecule has 0 fully saturated rings. The van der Waals surface area contributed by atoms with Crippen LogP contribution in [-0.4, -0.2) is 28.5 Å². The van der Waals surface area contributed by atoms with Gasteiger partial charge in [-0.3, -0.25) is 4.79 Å². The van der Waals surface area contributed by atoms with E-state index in [0.29, 0.717) is 17.1 Å². The summed E-state index contributed by atoms with van der Waals surface area (Å²) in [4.78, 5) is 17.2. The third-order valence-corrected chi connectivity index (χ3v) is 4.55. The molecule has 0 spiro atoms. The Morgan fingerprint density at radius 3 is 2.48 bits per heavy atom. The van der Waals surface area contributed by atoms with Gasteiger partial charge in [-0.1, -0.05) is 0 Å². The minimum Gasteiger partial charge on any atom is -0.383 e. The zero-order valence-corrected chi connectivity index (χ0v) is 17.4. The number of benzene rings is 2. The van der Waals surface area contributed by atoms with Crippen molar-refractivity contribution in [1.29, 1.82) is 0 Å². The summed E-state index contributed by atoms with van der Waals surface area (Å²) in [7, 11) is 1.80. The Morgan fingerprint density at radius 1 is 1.07 bits per heavy atom. The largest absolute Gasteiger partial charge is 0.383 e. The first-order chi connectivity index (χ1) is 13.1. The third kappa shape index (κ3) is 4.81. The number of imidazole rings is 1. The van der Waals surface area contributed by atoms with Gasteiger partial charge in [-0.15, -0.1) is 24.8 Å². The highest BCUT2D eigenvalue weighted by atomic mass is 35.5. The van der Waals surface area contributed by atoms with Gasteiger partial charge in [-0.25, -0.2) is 9.37 Å². The van der Waals surface area contributed by atoms with Crippen LogP contribution in [0.4, 0.5) is 21.6 Å². The Labute approximate surface area is 180 Å². The average molecular weight is 438 g/mol. The molecule has 0 saturated heterocycles. The number of hydrogen-bond donors (Lipinski definition) is 3. The van der Waals surface area contributed by atoms with Crippen LogP contribution in [0.3, 0.4) is 0 Å². The number of nitrogens with one attached hydrogen (secondary N) is 3. The number of aromatic nitrogens is 2. The summed E-state index contributed by atoms with van der Waals surface area (Å²) in [6.07, 6.45) is 2.64. The number of amides is 1. The monoisotopic (exact) mass is 437 g/mol. The SMILES string of the molecule is Cl.Cl.Cn1cnc(-c2ccc(F)cc2)c1NC(=O)c1ccc2c(c1)NCCCN2. The molecule has 1 aromatic heterocycles. The molecule has 154 valence electrons. The molecule has 0 radical (unpaired) electrons. The number of rotatable bonds is 3. The standard InChI is InChI=1S/C20H20FN5O.2ClH/c1-26-12-24-18(13-3-6-15(21)7-4-13)19(26)25-20(27)14-5-8-16-17(11-14)23-10-2-9-22-16;;/h3-8,11-12,22-23H,2,9-10H2,1H3,(H,25,27);2*1H. The number of aryl methyl sites for hydroxylation is 1. The minimum absolute atomic E-state index is 0. The van der Waals surface area contributed by atoms with Crippen LogP contribution in [0, 0.1) is 5.82 Å². The summed E-state index contributed by atoms with van der Waals surface area (Å²) in [5, 5.41) is 9.61. The number of nitrogens with zero attached hydrogens (tertiary/aromatic N) is 2. The first-order valence-electron chi connectivity index (χ1n) is 8.82. The Balaban J connectivity index is 0.00000150. The van der Waals surface area contributed by atoms with E-state index in [0.717, 1.165) is 36.4 Å². The van der Waals surface area contributed by atoms with Gasteiger partial charge < -0.3 is 20.5 Å². The van der Waals surface area contributed by atoms with Gasteiger partial charge in [-0.05, 0) is 48.9 Å². The van der Waals surface area contributed by atoms with E-state index in [4.69, 9.17) is 0 Å². The number of anilines is 3. The minimum atomic E-state index is -0.314. The molecule has 1 aliphatic heterocycles. The van der Waals surface area contributed by atoms with E-state index >= 15 is 0 Å². The highest BCUT2D eigenvalue weighted by molar-refractivity contribution is 6.06. The normalized spacial score (nSPS) is 12.2. The van der Waals surface area contributed by atoms with E-state index in [9.17, 15) is 9.18 Å². The molecule has 2 aromatic carbocycles. The molecule has 2 heterocycles. The van der Waals surface area contributed by atoms with Gasteiger partial charge in [-0.2, -0.15) is 0 Å². The van der Waals surface area contributed by atoms with Crippen LogP contribution in [0.1, 0.15) is 16.8 Å². The van der Waals surface area contributed by atoms with Crippen LogP contribution in [0.15, 0.2) is 48.8 Å². The smallest absolute Gasteiger partial charge is 0.256 e. The fourth-order valence-electron chi connectivity index (χ4n) is 3.10. The van der Waals surface area contributed by atoms with E-state index in [-0.39, 0.29) is 36.5 Å². The van der Waals surface area contributed by atoms with Crippen LogP contribution in [0.2, 0.25) is 0 Å². The van der Waals surface area contributed by atoms with Crippen LogP contribution in [-0.2, 0) is 7.05 Å². The number of carbonyl (C=O) groups is 1. The highest BCUT2D eigenvalue weighted by Crippen LogP contribution is 2.28. The van der Waals surface area contributed by atoms with Crippen LogP contribution < -0.4 is 16.0 Å². The molecule has 1 amide bonds. The zero-order chi connectivity index (χ0) is 18.8. The fraction of sp³-hybridized carbons (Fsp3) is 0.200. The Morgan fingerprint density at radius 2 is 1.76 bits per heavy atom. The number of hydrogen-bond acceptors (Lipinski definition) is 4. The predicted molar refractivity (Wildman–Crippen MR) is 119 cm³/mol. The maximum Gasteiger partial charge on any atom is 0.256 e. The lowest BCUT2D eigenvalue weighted by atomic mass is 10.1. The molecule has 0 bridgehead atoms. The van der Waals surface area contributed by atoms with E-state index in [1.807, 2.05) is 12.1 Å². The second-order valence-corrected chi connectivity index (χ2v) is 6.48. The van der Waals surface area contributed by atoms with Crippen molar-refractivity contribution in [3.05, 3.63) is 60.2 Å². The summed E-state index contributed by atoms with van der Waals surface area (Å²) < 4.78 is 14.9. The molecule has 0 aliphatic carbocycles. The van der Waals surface area contributed by atoms with Crippen molar-refractivity contribution >= 4 is 47.9 Å². The van der Waals surface area contributed by atoms with Crippen molar-refractivity contribution in [3.63, 3.8) is 0 Å². The highest BCUT2D eigenvalue weighted by Gasteiger charge is 2.17. The van der Waals surface area contributed by atoms with Crippen LogP contribution in [0.5, 0.6) is 0 Å². The lowest BCUT2D eigenvalue weighted by Crippen LogP contribution is -2.15. The number of carbonyl (C=O) groups excluding carboxylic acids is 1. The average Bonchev–Trinajstić information content (AvgIpc) is 2.89. The maximum absolute atomic E-state index is 13.2. The molecule has 1 aliphatic rings. The van der Waals surface area contributed by atoms with Gasteiger partial charge in [0.15, 0.2) is 0 Å². The second kappa shape index (κ2) is 9.62. The van der Waals surface area contributed by atoms with Crippen molar-refractivity contribution < 1.29 is 9.18 Å². The lowest BCUT2D eigenvalue weighted by Gasteiger charge is -2.12. The zero-order valence-electron chi connectivity index (χ0n) is 15.7. The number of halogens is 3. The molecular weight excluding hydrogens is 416 g/mol. The molecular formula is C20H22Cl2FN5O. The van der Waals surface area contributed by atoms with Crippen molar-refractivity contribution in [2.45, 2.75) is 6.42 Å². The van der Waals surface area contributed by atoms with Gasteiger partial charge in [0.25, 0.3) is 5.91 Å². The first kappa shape index (κ1) is 22.5. The summed E-state index contributed by atoms with van der Waals surface area (Å²) in [6, 6.07) is 11.6. The summed E-state index contributed by atoms with van der Waals surface area (Å²) in [5.74, 6) is 0.0230. The van der Waals surface area contributed by atoms with Crippen molar-refractivity contribution in [2.75, 3.05) is 29.0 Å². The molecule has 0 unspecified atom stereocenters. The molecule has 6 nitrogen and oxygen atoms in total. The van der Waals surface area contributed by atoms with Crippen molar-refractivity contribution in [2.24, 2.45) is 7.05 Å². The molecule has 29 heavy (non-hydrogen) atoms. The lowest BCUT2D eigenvalue weighted by molar-refractivity contribution is 0.102. The maximum atomic E-state index is 13.2. The van der Waals surface area contributed by atoms with E-state index in [1.54, 1.807) is 36.1 Å². The summed E-state index contributed by atoms with van der Waals surface area (Å²) in [5.41, 5.74) is 3.80. The molecule has 0 saturated carbocycles. The van der Waals surface area contributed by atoms with E-state index in [1.165, 1.54) is 12.1 Å². The third-order valence-electron chi connectivity index (χ3n) is 4.55. The topological polar surface area (TPSA) is 71.0 Å².